The van der Waals surface area contributed by atoms with E-state index in [0.29, 0.717) is 5.56 Å². The summed E-state index contributed by atoms with van der Waals surface area (Å²) in [5, 5.41) is 23.0. The number of benzene rings is 1. The summed E-state index contributed by atoms with van der Waals surface area (Å²) in [4.78, 5) is 2.57. The molecule has 0 aromatic heterocycles. The molecule has 0 saturated heterocycles. The minimum Gasteiger partial charge on any atom is -0.390 e. The van der Waals surface area contributed by atoms with E-state index >= 15 is 0 Å². The molecule has 5 nitrogen and oxygen atoms in total. The molecule has 0 fully saturated rings. The van der Waals surface area contributed by atoms with Crippen molar-refractivity contribution in [1.82, 2.24) is 0 Å². The lowest BCUT2D eigenvalue weighted by Gasteiger charge is -2.19. The molecule has 2 N–H and O–H groups in total. The maximum Gasteiger partial charge on any atom is 0.105 e. The first-order valence-electron chi connectivity index (χ1n) is 5.39. The molecule has 0 spiro atoms. The summed E-state index contributed by atoms with van der Waals surface area (Å²) in [6.07, 6.45) is 2.68. The van der Waals surface area contributed by atoms with Crippen LogP contribution in [0.4, 0.5) is 0 Å². The van der Waals surface area contributed by atoms with E-state index in [1.807, 2.05) is 24.3 Å². The Balaban J connectivity index is 2.23. The van der Waals surface area contributed by atoms with E-state index in [-0.39, 0.29) is 6.54 Å². The van der Waals surface area contributed by atoms with Gasteiger partial charge in [0.15, 0.2) is 0 Å². The first kappa shape index (κ1) is 11.7. The van der Waals surface area contributed by atoms with E-state index in [2.05, 4.69) is 10.0 Å². The molecule has 2 rings (SSSR count). The Morgan fingerprint density at radius 1 is 1.41 bits per heavy atom. The molecule has 1 aromatic rings. The Morgan fingerprint density at radius 3 is 3.00 bits per heavy atom. The molecule has 0 saturated carbocycles. The van der Waals surface area contributed by atoms with Crippen molar-refractivity contribution in [1.29, 1.82) is 0 Å². The molecule has 2 atom stereocenters. The van der Waals surface area contributed by atoms with Crippen LogP contribution in [0.2, 0.25) is 0 Å². The fraction of sp³-hybridized carbons (Fsp3) is 0.333. The van der Waals surface area contributed by atoms with Gasteiger partial charge in [-0.1, -0.05) is 35.5 Å². The third kappa shape index (κ3) is 2.31. The second-order valence-electron chi connectivity index (χ2n) is 3.95. The Labute approximate surface area is 98.6 Å². The van der Waals surface area contributed by atoms with Gasteiger partial charge >= 0.3 is 0 Å². The summed E-state index contributed by atoms with van der Waals surface area (Å²) in [6.45, 7) is -0.130. The Hall–Kier alpha value is -1.81. The van der Waals surface area contributed by atoms with Crippen molar-refractivity contribution in [2.24, 2.45) is 5.11 Å². The largest absolute Gasteiger partial charge is 0.390 e. The maximum atomic E-state index is 10.0. The van der Waals surface area contributed by atoms with Crippen molar-refractivity contribution in [2.75, 3.05) is 6.54 Å². The number of aliphatic hydroxyl groups is 2. The highest BCUT2D eigenvalue weighted by molar-refractivity contribution is 5.62. The van der Waals surface area contributed by atoms with Crippen LogP contribution in [0, 0.1) is 0 Å². The summed E-state index contributed by atoms with van der Waals surface area (Å²) in [5.41, 5.74) is 11.0. The zero-order valence-corrected chi connectivity index (χ0v) is 9.19. The van der Waals surface area contributed by atoms with Crippen molar-refractivity contribution in [3.63, 3.8) is 0 Å². The van der Waals surface area contributed by atoms with E-state index in [4.69, 9.17) is 5.53 Å². The molecule has 2 unspecified atom stereocenters. The van der Waals surface area contributed by atoms with Gasteiger partial charge in [0.25, 0.3) is 0 Å². The van der Waals surface area contributed by atoms with Crippen LogP contribution >= 0.6 is 0 Å². The predicted molar refractivity (Wildman–Crippen MR) is 64.2 cm³/mol. The second kappa shape index (κ2) is 5.01. The lowest BCUT2D eigenvalue weighted by atomic mass is 9.95. The minimum absolute atomic E-state index is 0.130. The van der Waals surface area contributed by atoms with Crippen molar-refractivity contribution in [3.8, 4) is 0 Å². The number of aliphatic hydroxyl groups excluding tert-OH is 2. The highest BCUT2D eigenvalue weighted by atomic mass is 16.3. The van der Waals surface area contributed by atoms with E-state index in [9.17, 15) is 10.2 Å². The van der Waals surface area contributed by atoms with Crippen LogP contribution < -0.4 is 0 Å². The molecular weight excluding hydrogens is 218 g/mol. The van der Waals surface area contributed by atoms with Gasteiger partial charge in [-0.2, -0.15) is 0 Å². The van der Waals surface area contributed by atoms with Gasteiger partial charge in [0.2, 0.25) is 0 Å². The highest BCUT2D eigenvalue weighted by Gasteiger charge is 2.22. The van der Waals surface area contributed by atoms with Gasteiger partial charge in [-0.05, 0) is 28.6 Å². The number of hydrogen-bond donors (Lipinski definition) is 2. The van der Waals surface area contributed by atoms with Crippen LogP contribution in [-0.2, 0) is 6.42 Å². The van der Waals surface area contributed by atoms with Gasteiger partial charge in [-0.25, -0.2) is 0 Å². The molecule has 1 aliphatic rings. The Morgan fingerprint density at radius 2 is 2.24 bits per heavy atom. The molecule has 5 heteroatoms. The second-order valence-corrected chi connectivity index (χ2v) is 3.95. The molecule has 0 bridgehead atoms. The smallest absolute Gasteiger partial charge is 0.105 e. The van der Waals surface area contributed by atoms with Gasteiger partial charge in [-0.3, -0.25) is 0 Å². The molecule has 1 aliphatic carbocycles. The van der Waals surface area contributed by atoms with E-state index in [1.165, 1.54) is 0 Å². The minimum atomic E-state index is -1.07. The molecule has 88 valence electrons. The van der Waals surface area contributed by atoms with Crippen molar-refractivity contribution < 1.29 is 10.2 Å². The van der Waals surface area contributed by atoms with Crippen LogP contribution in [0.15, 0.2) is 29.4 Å². The van der Waals surface area contributed by atoms with Crippen LogP contribution in [-0.4, -0.2) is 22.9 Å². The molecule has 0 radical (unpaired) electrons. The van der Waals surface area contributed by atoms with Gasteiger partial charge < -0.3 is 10.2 Å². The average Bonchev–Trinajstić information content (AvgIpc) is 2.82. The summed E-state index contributed by atoms with van der Waals surface area (Å²) in [5.74, 6) is 0. The standard InChI is InChI=1S/C12H13N3O2/c13-15-14-7-11(16)12(17)10-6-2-4-8-3-1-5-9(8)10/h1-4,6,11-12,16-17H,5,7H2. The monoisotopic (exact) mass is 231 g/mol. The number of azide groups is 1. The predicted octanol–water partition coefficient (Wildman–Crippen LogP) is 1.96. The number of hydrogen-bond acceptors (Lipinski definition) is 3. The van der Waals surface area contributed by atoms with Crippen molar-refractivity contribution in [3.05, 3.63) is 51.4 Å². The lowest BCUT2D eigenvalue weighted by molar-refractivity contribution is 0.0239. The zero-order valence-electron chi connectivity index (χ0n) is 9.19. The van der Waals surface area contributed by atoms with E-state index < -0.39 is 12.2 Å². The zero-order chi connectivity index (χ0) is 12.3. The van der Waals surface area contributed by atoms with Gasteiger partial charge in [0.1, 0.15) is 6.10 Å². The first-order chi connectivity index (χ1) is 8.24. The molecule has 1 aromatic carbocycles. The average molecular weight is 231 g/mol. The SMILES string of the molecule is [N-]=[N+]=NCC(O)C(O)c1cccc2c1CC=C2. The first-order valence-corrected chi connectivity index (χ1v) is 5.39. The lowest BCUT2D eigenvalue weighted by Crippen LogP contribution is -2.22. The van der Waals surface area contributed by atoms with Crippen LogP contribution in [0.25, 0.3) is 16.5 Å². The van der Waals surface area contributed by atoms with Crippen LogP contribution in [0.3, 0.4) is 0 Å². The normalized spacial score (nSPS) is 16.1. The fourth-order valence-electron chi connectivity index (χ4n) is 2.02. The van der Waals surface area contributed by atoms with Crippen molar-refractivity contribution in [2.45, 2.75) is 18.6 Å². The fourth-order valence-corrected chi connectivity index (χ4v) is 2.02. The topological polar surface area (TPSA) is 89.2 Å². The third-order valence-corrected chi connectivity index (χ3v) is 2.88. The summed E-state index contributed by atoms with van der Waals surface area (Å²) in [6, 6.07) is 5.60. The Bertz CT molecular complexity index is 493. The van der Waals surface area contributed by atoms with E-state index in [1.54, 1.807) is 6.07 Å². The van der Waals surface area contributed by atoms with Gasteiger partial charge in [0.05, 0.1) is 12.6 Å². The molecule has 17 heavy (non-hydrogen) atoms. The quantitative estimate of drug-likeness (QED) is 0.471. The highest BCUT2D eigenvalue weighted by Crippen LogP contribution is 2.29. The molecule has 0 amide bonds. The van der Waals surface area contributed by atoms with Crippen LogP contribution in [0.5, 0.6) is 0 Å². The number of fused-ring (bicyclic) bond motifs is 1. The Kier molecular flexibility index (Phi) is 3.44. The number of nitrogens with zero attached hydrogens (tertiary/aromatic N) is 3. The number of rotatable bonds is 4. The summed E-state index contributed by atoms with van der Waals surface area (Å²) < 4.78 is 0. The van der Waals surface area contributed by atoms with Gasteiger partial charge in [0, 0.05) is 4.91 Å². The molecule has 0 heterocycles. The maximum absolute atomic E-state index is 10.0. The molecular formula is C12H13N3O2. The number of allylic oxidation sites excluding steroid dienone is 1. The summed E-state index contributed by atoms with van der Waals surface area (Å²) >= 11 is 0. The van der Waals surface area contributed by atoms with E-state index in [0.717, 1.165) is 17.5 Å². The molecule has 0 aliphatic heterocycles. The third-order valence-electron chi connectivity index (χ3n) is 2.88. The summed E-state index contributed by atoms with van der Waals surface area (Å²) in [7, 11) is 0. The van der Waals surface area contributed by atoms with Crippen molar-refractivity contribution >= 4 is 6.08 Å². The van der Waals surface area contributed by atoms with Gasteiger partial charge in [-0.15, -0.1) is 0 Å². The van der Waals surface area contributed by atoms with Crippen LogP contribution in [0.1, 0.15) is 22.8 Å².